The summed E-state index contributed by atoms with van der Waals surface area (Å²) in [5.74, 6) is 0. The largest absolute Gasteiger partial charge is 1.00 e. The molecule has 0 fully saturated rings. The van der Waals surface area contributed by atoms with E-state index in [1.165, 1.54) is 6.07 Å². The molecule has 1 aromatic heterocycles. The Morgan fingerprint density at radius 3 is 2.75 bits per heavy atom. The molecule has 20 heavy (non-hydrogen) atoms. The van der Waals surface area contributed by atoms with Crippen molar-refractivity contribution in [1.29, 1.82) is 0 Å². The molecule has 2 aromatic rings. The van der Waals surface area contributed by atoms with Gasteiger partial charge in [-0.05, 0) is 6.07 Å². The smallest absolute Gasteiger partial charge is 0.278 e. The number of hydrogen-bond acceptors (Lipinski definition) is 4. The lowest BCUT2D eigenvalue weighted by Crippen LogP contribution is -3.00. The molecular formula is C13H15ClN2O3S. The molecule has 1 N–H and O–H groups in total. The SMILES string of the molecule is Cc1c(CCO)sc[n+]1Cc1ccccc1[N+](=O)[O-].[Cl-]. The van der Waals surface area contributed by atoms with Crippen molar-refractivity contribution in [2.75, 3.05) is 6.61 Å². The van der Waals surface area contributed by atoms with Crippen LogP contribution in [-0.2, 0) is 13.0 Å². The first-order valence-corrected chi connectivity index (χ1v) is 6.81. The molecule has 0 radical (unpaired) electrons. The van der Waals surface area contributed by atoms with Gasteiger partial charge in [-0.15, -0.1) is 0 Å². The zero-order chi connectivity index (χ0) is 13.8. The van der Waals surface area contributed by atoms with Crippen LogP contribution in [-0.4, -0.2) is 16.6 Å². The van der Waals surface area contributed by atoms with Gasteiger partial charge in [0.15, 0.2) is 12.2 Å². The van der Waals surface area contributed by atoms with E-state index < -0.39 is 0 Å². The Labute approximate surface area is 127 Å². The highest BCUT2D eigenvalue weighted by Crippen LogP contribution is 2.18. The quantitative estimate of drug-likeness (QED) is 0.430. The molecule has 5 nitrogen and oxygen atoms in total. The van der Waals surface area contributed by atoms with Crippen LogP contribution < -0.4 is 17.0 Å². The highest BCUT2D eigenvalue weighted by Gasteiger charge is 2.20. The summed E-state index contributed by atoms with van der Waals surface area (Å²) < 4.78 is 1.98. The minimum Gasteiger partial charge on any atom is -1.00 e. The molecule has 0 unspecified atom stereocenters. The average molecular weight is 315 g/mol. The second-order valence-electron chi connectivity index (χ2n) is 4.22. The lowest BCUT2D eigenvalue weighted by atomic mass is 10.1. The van der Waals surface area contributed by atoms with Crippen LogP contribution in [0.15, 0.2) is 29.8 Å². The molecule has 0 aliphatic carbocycles. The Kier molecular flexibility index (Phi) is 6.06. The first kappa shape index (κ1) is 16.6. The van der Waals surface area contributed by atoms with Gasteiger partial charge in [0.25, 0.3) is 5.69 Å². The Bertz CT molecular complexity index is 601. The molecule has 0 amide bonds. The molecule has 0 bridgehead atoms. The zero-order valence-electron chi connectivity index (χ0n) is 11.0. The number of hydrogen-bond donors (Lipinski definition) is 1. The van der Waals surface area contributed by atoms with Gasteiger partial charge in [-0.1, -0.05) is 23.5 Å². The predicted octanol–water partition coefficient (Wildman–Crippen LogP) is -1.16. The van der Waals surface area contributed by atoms with Crippen molar-refractivity contribution in [3.8, 4) is 0 Å². The van der Waals surface area contributed by atoms with Crippen molar-refractivity contribution in [1.82, 2.24) is 0 Å². The summed E-state index contributed by atoms with van der Waals surface area (Å²) in [6.45, 7) is 2.56. The van der Waals surface area contributed by atoms with Crippen LogP contribution in [0.5, 0.6) is 0 Å². The number of nitro benzene ring substituents is 1. The molecular weight excluding hydrogens is 300 g/mol. The number of thiazole rings is 1. The maximum atomic E-state index is 11.0. The van der Waals surface area contributed by atoms with Crippen molar-refractivity contribution in [3.05, 3.63) is 56.0 Å². The molecule has 1 aromatic carbocycles. The molecule has 108 valence electrons. The van der Waals surface area contributed by atoms with Gasteiger partial charge in [0.05, 0.1) is 15.4 Å². The van der Waals surface area contributed by atoms with Crippen molar-refractivity contribution in [2.24, 2.45) is 0 Å². The molecule has 0 aliphatic heterocycles. The van der Waals surface area contributed by atoms with Gasteiger partial charge < -0.3 is 17.5 Å². The third kappa shape index (κ3) is 3.53. The van der Waals surface area contributed by atoms with E-state index in [0.29, 0.717) is 18.5 Å². The third-order valence-electron chi connectivity index (χ3n) is 3.02. The summed E-state index contributed by atoms with van der Waals surface area (Å²) in [6.07, 6.45) is 0.625. The highest BCUT2D eigenvalue weighted by atomic mass is 35.5. The van der Waals surface area contributed by atoms with Gasteiger partial charge in [-0.3, -0.25) is 10.1 Å². The first-order valence-electron chi connectivity index (χ1n) is 5.93. The minimum absolute atomic E-state index is 0. The number of aromatic nitrogens is 1. The van der Waals surface area contributed by atoms with Crippen LogP contribution in [0.3, 0.4) is 0 Å². The van der Waals surface area contributed by atoms with E-state index in [1.807, 2.05) is 17.0 Å². The van der Waals surface area contributed by atoms with E-state index in [1.54, 1.807) is 29.5 Å². The molecule has 7 heteroatoms. The van der Waals surface area contributed by atoms with E-state index >= 15 is 0 Å². The van der Waals surface area contributed by atoms with Crippen LogP contribution >= 0.6 is 11.3 Å². The molecule has 0 saturated heterocycles. The van der Waals surface area contributed by atoms with Crippen LogP contribution in [0.1, 0.15) is 16.1 Å². The molecule has 0 spiro atoms. The molecule has 0 aliphatic rings. The van der Waals surface area contributed by atoms with Crippen LogP contribution in [0.4, 0.5) is 5.69 Å². The maximum absolute atomic E-state index is 11.0. The second-order valence-corrected chi connectivity index (χ2v) is 5.16. The fourth-order valence-corrected chi connectivity index (χ4v) is 2.94. The normalized spacial score (nSPS) is 10.1. The Balaban J connectivity index is 0.00000200. The molecule has 0 atom stereocenters. The van der Waals surface area contributed by atoms with Gasteiger partial charge >= 0.3 is 0 Å². The number of nitrogens with zero attached hydrogens (tertiary/aromatic N) is 2. The minimum atomic E-state index is -0.355. The monoisotopic (exact) mass is 314 g/mol. The van der Waals surface area contributed by atoms with E-state index in [0.717, 1.165) is 10.6 Å². The summed E-state index contributed by atoms with van der Waals surface area (Å²) in [5.41, 5.74) is 3.83. The number of benzene rings is 1. The fourth-order valence-electron chi connectivity index (χ4n) is 1.96. The average Bonchev–Trinajstić information content (AvgIpc) is 2.73. The number of para-hydroxylation sites is 1. The van der Waals surface area contributed by atoms with Crippen molar-refractivity contribution in [3.63, 3.8) is 0 Å². The van der Waals surface area contributed by atoms with Gasteiger partial charge in [0.2, 0.25) is 5.51 Å². The van der Waals surface area contributed by atoms with Crippen LogP contribution in [0.25, 0.3) is 0 Å². The summed E-state index contributed by atoms with van der Waals surface area (Å²) in [7, 11) is 0. The van der Waals surface area contributed by atoms with Crippen molar-refractivity contribution < 1.29 is 27.0 Å². The number of rotatable bonds is 5. The number of aliphatic hydroxyl groups is 1. The topological polar surface area (TPSA) is 67.2 Å². The summed E-state index contributed by atoms with van der Waals surface area (Å²) >= 11 is 1.57. The Morgan fingerprint density at radius 1 is 1.40 bits per heavy atom. The van der Waals surface area contributed by atoms with Gasteiger partial charge in [0.1, 0.15) is 0 Å². The predicted molar refractivity (Wildman–Crippen MR) is 72.2 cm³/mol. The zero-order valence-corrected chi connectivity index (χ0v) is 12.5. The fraction of sp³-hybridized carbons (Fsp3) is 0.308. The van der Waals surface area contributed by atoms with Gasteiger partial charge in [-0.25, -0.2) is 0 Å². The maximum Gasteiger partial charge on any atom is 0.278 e. The van der Waals surface area contributed by atoms with Crippen molar-refractivity contribution in [2.45, 2.75) is 19.9 Å². The Hall–Kier alpha value is -1.50. The van der Waals surface area contributed by atoms with Crippen LogP contribution in [0, 0.1) is 17.0 Å². The van der Waals surface area contributed by atoms with Crippen molar-refractivity contribution >= 4 is 17.0 Å². The Morgan fingerprint density at radius 2 is 2.10 bits per heavy atom. The van der Waals surface area contributed by atoms with Crippen LogP contribution in [0.2, 0.25) is 0 Å². The number of aliphatic hydroxyl groups excluding tert-OH is 1. The first-order chi connectivity index (χ1) is 9.13. The lowest BCUT2D eigenvalue weighted by Gasteiger charge is -1.99. The van der Waals surface area contributed by atoms with E-state index in [9.17, 15) is 10.1 Å². The van der Waals surface area contributed by atoms with E-state index in [2.05, 4.69) is 0 Å². The second kappa shape index (κ2) is 7.33. The molecule has 2 rings (SSSR count). The molecule has 0 saturated carbocycles. The summed E-state index contributed by atoms with van der Waals surface area (Å²) in [4.78, 5) is 11.7. The molecule has 1 heterocycles. The summed E-state index contributed by atoms with van der Waals surface area (Å²) in [6, 6.07) is 6.77. The standard InChI is InChI=1S/C13H15N2O3S.ClH/c1-10-13(6-7-16)19-9-14(10)8-11-4-2-3-5-12(11)15(17)18;/h2-5,9,16H,6-8H2,1H3;1H/q+1;/p-1. The van der Waals surface area contributed by atoms with E-state index in [4.69, 9.17) is 5.11 Å². The third-order valence-corrected chi connectivity index (χ3v) is 4.17. The summed E-state index contributed by atoms with van der Waals surface area (Å²) in [5, 5.41) is 19.9. The van der Waals surface area contributed by atoms with Gasteiger partial charge in [0, 0.05) is 26.0 Å². The number of nitro groups is 1. The van der Waals surface area contributed by atoms with Gasteiger partial charge in [-0.2, -0.15) is 4.57 Å². The highest BCUT2D eigenvalue weighted by molar-refractivity contribution is 7.09. The van der Waals surface area contributed by atoms with E-state index in [-0.39, 0.29) is 29.6 Å². The lowest BCUT2D eigenvalue weighted by molar-refractivity contribution is -0.690. The number of halogens is 1.